The number of rotatable bonds is 2. The summed E-state index contributed by atoms with van der Waals surface area (Å²) in [6.45, 7) is 0. The molecule has 1 nitrogen and oxygen atoms in total. The number of benzene rings is 1. The first kappa shape index (κ1) is 9.10. The van der Waals surface area contributed by atoms with E-state index in [0.717, 1.165) is 5.75 Å². The van der Waals surface area contributed by atoms with Gasteiger partial charge in [0.2, 0.25) is 0 Å². The van der Waals surface area contributed by atoms with Gasteiger partial charge in [-0.05, 0) is 11.1 Å². The van der Waals surface area contributed by atoms with Crippen molar-refractivity contribution in [3.63, 3.8) is 0 Å². The second-order valence-corrected chi connectivity index (χ2v) is 4.12. The third kappa shape index (κ3) is 2.06. The maximum atomic E-state index is 5.71. The molecule has 1 heterocycles. The van der Waals surface area contributed by atoms with E-state index < -0.39 is 0 Å². The van der Waals surface area contributed by atoms with E-state index in [-0.39, 0.29) is 0 Å². The summed E-state index contributed by atoms with van der Waals surface area (Å²) in [4.78, 5) is 4.37. The Morgan fingerprint density at radius 2 is 2.15 bits per heavy atom. The molecule has 1 atom stereocenters. The summed E-state index contributed by atoms with van der Waals surface area (Å²) in [5.41, 5.74) is 4.38. The van der Waals surface area contributed by atoms with E-state index in [1.165, 1.54) is 11.1 Å². The van der Waals surface area contributed by atoms with Crippen LogP contribution in [-0.4, -0.2) is 11.3 Å². The van der Waals surface area contributed by atoms with E-state index in [0.29, 0.717) is 11.9 Å². The second kappa shape index (κ2) is 4.16. The summed E-state index contributed by atoms with van der Waals surface area (Å²) >= 11 is 7.47. The Labute approximate surface area is 87.2 Å². The number of aliphatic imine (C=N–C) groups is 1. The van der Waals surface area contributed by atoms with Crippen molar-refractivity contribution in [3.8, 4) is 0 Å². The van der Waals surface area contributed by atoms with Crippen LogP contribution in [-0.2, 0) is 5.88 Å². The summed E-state index contributed by atoms with van der Waals surface area (Å²) in [6.07, 6.45) is 0. The van der Waals surface area contributed by atoms with Crippen molar-refractivity contribution in [2.45, 2.75) is 11.9 Å². The molecule has 0 spiro atoms. The quantitative estimate of drug-likeness (QED) is 0.685. The van der Waals surface area contributed by atoms with Crippen LogP contribution in [0, 0.1) is 0 Å². The van der Waals surface area contributed by atoms with Crippen LogP contribution < -0.4 is 0 Å². The number of alkyl halides is 1. The van der Waals surface area contributed by atoms with Gasteiger partial charge < -0.3 is 0 Å². The summed E-state index contributed by atoms with van der Waals surface area (Å²) in [5.74, 6) is 1.66. The highest BCUT2D eigenvalue weighted by Crippen LogP contribution is 2.26. The fraction of sp³-hybridized carbons (Fsp3) is 0.300. The molecule has 3 heteroatoms. The van der Waals surface area contributed by atoms with Crippen LogP contribution in [0.25, 0.3) is 0 Å². The van der Waals surface area contributed by atoms with Crippen molar-refractivity contribution in [1.29, 1.82) is 0 Å². The normalized spacial score (nSPS) is 20.8. The molecule has 0 saturated heterocycles. The average molecular weight is 212 g/mol. The van der Waals surface area contributed by atoms with E-state index in [4.69, 9.17) is 11.6 Å². The van der Waals surface area contributed by atoms with Gasteiger partial charge in [0, 0.05) is 11.6 Å². The molecule has 1 aliphatic rings. The molecule has 0 aromatic heterocycles. The molecule has 0 saturated carbocycles. The standard InChI is InChI=1S/C10H10ClNS/c11-5-8-1-3-9(4-2-8)10-6-13-7-12-10/h1-4,7,10H,5-6H2. The number of thioether (sulfide) groups is 1. The third-order valence-corrected chi connectivity index (χ3v) is 3.18. The van der Waals surface area contributed by atoms with Gasteiger partial charge in [0.05, 0.1) is 11.6 Å². The third-order valence-electron chi connectivity index (χ3n) is 2.09. The molecule has 0 N–H and O–H groups in total. The maximum Gasteiger partial charge on any atom is 0.0849 e. The van der Waals surface area contributed by atoms with Crippen molar-refractivity contribution in [2.75, 3.05) is 5.75 Å². The molecule has 1 unspecified atom stereocenters. The molecule has 13 heavy (non-hydrogen) atoms. The van der Waals surface area contributed by atoms with E-state index >= 15 is 0 Å². The minimum Gasteiger partial charge on any atom is -0.277 e. The van der Waals surface area contributed by atoms with E-state index in [2.05, 4.69) is 29.3 Å². The summed E-state index contributed by atoms with van der Waals surface area (Å²) in [7, 11) is 0. The Morgan fingerprint density at radius 1 is 1.38 bits per heavy atom. The monoisotopic (exact) mass is 211 g/mol. The van der Waals surface area contributed by atoms with Gasteiger partial charge in [0.15, 0.2) is 0 Å². The maximum absolute atomic E-state index is 5.71. The Morgan fingerprint density at radius 3 is 2.69 bits per heavy atom. The smallest absolute Gasteiger partial charge is 0.0849 e. The molecule has 1 aliphatic heterocycles. The Hall–Kier alpha value is -0.470. The van der Waals surface area contributed by atoms with Crippen molar-refractivity contribution < 1.29 is 0 Å². The zero-order chi connectivity index (χ0) is 9.10. The van der Waals surface area contributed by atoms with Crippen molar-refractivity contribution in [3.05, 3.63) is 35.4 Å². The van der Waals surface area contributed by atoms with Gasteiger partial charge >= 0.3 is 0 Å². The Bertz CT molecular complexity index is 307. The number of nitrogens with zero attached hydrogens (tertiary/aromatic N) is 1. The van der Waals surface area contributed by atoms with Gasteiger partial charge in [-0.15, -0.1) is 23.4 Å². The lowest BCUT2D eigenvalue weighted by Crippen LogP contribution is -1.94. The van der Waals surface area contributed by atoms with Crippen LogP contribution >= 0.6 is 23.4 Å². The molecule has 2 rings (SSSR count). The number of hydrogen-bond acceptors (Lipinski definition) is 2. The van der Waals surface area contributed by atoms with Crippen LogP contribution in [0.1, 0.15) is 17.2 Å². The molecule has 0 radical (unpaired) electrons. The highest BCUT2D eigenvalue weighted by Gasteiger charge is 2.12. The highest BCUT2D eigenvalue weighted by atomic mass is 35.5. The molecule has 68 valence electrons. The minimum absolute atomic E-state index is 0.356. The van der Waals surface area contributed by atoms with E-state index in [1.807, 2.05) is 5.55 Å². The van der Waals surface area contributed by atoms with Gasteiger partial charge in [-0.2, -0.15) is 0 Å². The summed E-state index contributed by atoms with van der Waals surface area (Å²) in [6, 6.07) is 8.73. The fourth-order valence-electron chi connectivity index (χ4n) is 1.30. The SMILES string of the molecule is ClCc1ccc(C2CSC=N2)cc1. The lowest BCUT2D eigenvalue weighted by atomic mass is 10.1. The predicted octanol–water partition coefficient (Wildman–Crippen LogP) is 3.24. The molecule has 1 aromatic carbocycles. The first-order valence-electron chi connectivity index (χ1n) is 4.18. The summed E-state index contributed by atoms with van der Waals surface area (Å²) < 4.78 is 0. The fourth-order valence-corrected chi connectivity index (χ4v) is 2.26. The van der Waals surface area contributed by atoms with Crippen LogP contribution in [0.5, 0.6) is 0 Å². The first-order chi connectivity index (χ1) is 6.40. The lowest BCUT2D eigenvalue weighted by Gasteiger charge is -2.06. The Balaban J connectivity index is 2.17. The van der Waals surface area contributed by atoms with Gasteiger partial charge in [-0.3, -0.25) is 4.99 Å². The van der Waals surface area contributed by atoms with Crippen LogP contribution in [0.2, 0.25) is 0 Å². The van der Waals surface area contributed by atoms with Gasteiger partial charge in [0.1, 0.15) is 0 Å². The Kier molecular flexibility index (Phi) is 2.91. The van der Waals surface area contributed by atoms with E-state index in [1.54, 1.807) is 11.8 Å². The second-order valence-electron chi connectivity index (χ2n) is 2.98. The van der Waals surface area contributed by atoms with Crippen LogP contribution in [0.3, 0.4) is 0 Å². The first-order valence-corrected chi connectivity index (χ1v) is 5.76. The molecular formula is C10H10ClNS. The largest absolute Gasteiger partial charge is 0.277 e. The zero-order valence-electron chi connectivity index (χ0n) is 7.11. The predicted molar refractivity (Wildman–Crippen MR) is 59.7 cm³/mol. The number of hydrogen-bond donors (Lipinski definition) is 0. The molecule has 0 amide bonds. The van der Waals surface area contributed by atoms with Crippen LogP contribution in [0.15, 0.2) is 29.3 Å². The molecule has 0 bridgehead atoms. The van der Waals surface area contributed by atoms with Crippen molar-refractivity contribution in [1.82, 2.24) is 0 Å². The zero-order valence-corrected chi connectivity index (χ0v) is 8.68. The molecule has 1 aromatic rings. The van der Waals surface area contributed by atoms with Crippen molar-refractivity contribution in [2.24, 2.45) is 4.99 Å². The summed E-state index contributed by atoms with van der Waals surface area (Å²) in [5, 5.41) is 0. The molecule has 0 aliphatic carbocycles. The van der Waals surface area contributed by atoms with Gasteiger partial charge in [-0.1, -0.05) is 24.3 Å². The molecule has 0 fully saturated rings. The highest BCUT2D eigenvalue weighted by molar-refractivity contribution is 8.12. The number of halogens is 1. The van der Waals surface area contributed by atoms with E-state index in [9.17, 15) is 0 Å². The minimum atomic E-state index is 0.356. The lowest BCUT2D eigenvalue weighted by molar-refractivity contribution is 0.851. The van der Waals surface area contributed by atoms with Crippen LogP contribution in [0.4, 0.5) is 0 Å². The topological polar surface area (TPSA) is 12.4 Å². The van der Waals surface area contributed by atoms with Crippen molar-refractivity contribution >= 4 is 28.9 Å². The van der Waals surface area contributed by atoms with Gasteiger partial charge in [0.25, 0.3) is 0 Å². The molecular weight excluding hydrogens is 202 g/mol. The van der Waals surface area contributed by atoms with Gasteiger partial charge in [-0.25, -0.2) is 0 Å². The average Bonchev–Trinajstić information content (AvgIpc) is 2.71.